The molecule has 0 aliphatic carbocycles. The Bertz CT molecular complexity index is 267. The van der Waals surface area contributed by atoms with Crippen molar-refractivity contribution in [3.63, 3.8) is 0 Å². The van der Waals surface area contributed by atoms with Gasteiger partial charge in [-0.15, -0.1) is 11.3 Å². The summed E-state index contributed by atoms with van der Waals surface area (Å²) in [5.41, 5.74) is 1.53. The van der Waals surface area contributed by atoms with E-state index in [2.05, 4.69) is 37.5 Å². The lowest BCUT2D eigenvalue weighted by molar-refractivity contribution is 0.499. The first-order valence-corrected chi connectivity index (χ1v) is 7.01. The molecule has 0 fully saturated rings. The molecule has 0 saturated heterocycles. The molecule has 1 nitrogen and oxygen atoms in total. The van der Waals surface area contributed by atoms with Gasteiger partial charge in [-0.1, -0.05) is 33.6 Å². The second kappa shape index (κ2) is 7.02. The number of aryl methyl sites for hydroxylation is 1. The molecule has 1 aromatic rings. The highest BCUT2D eigenvalue weighted by molar-refractivity contribution is 7.10. The van der Waals surface area contributed by atoms with Crippen LogP contribution in [-0.2, 0) is 6.42 Å². The summed E-state index contributed by atoms with van der Waals surface area (Å²) in [6.45, 7) is 7.76. The van der Waals surface area contributed by atoms with Crippen LogP contribution in [0.2, 0.25) is 0 Å². The lowest BCUT2D eigenvalue weighted by atomic mass is 10.0. The van der Waals surface area contributed by atoms with Crippen LogP contribution in [-0.4, -0.2) is 6.54 Å². The standard InChI is InChI=1S/C13H23NS/c1-4-7-8-12(14-6-3)13-11(5-2)9-10-15-13/h9-10,12,14H,4-8H2,1-3H3. The van der Waals surface area contributed by atoms with Gasteiger partial charge in [-0.3, -0.25) is 0 Å². The molecule has 0 saturated carbocycles. The van der Waals surface area contributed by atoms with Crippen LogP contribution in [0.3, 0.4) is 0 Å². The van der Waals surface area contributed by atoms with Crippen LogP contribution in [0.4, 0.5) is 0 Å². The Morgan fingerprint density at radius 3 is 2.73 bits per heavy atom. The summed E-state index contributed by atoms with van der Waals surface area (Å²) in [7, 11) is 0. The van der Waals surface area contributed by atoms with Gasteiger partial charge in [0.25, 0.3) is 0 Å². The van der Waals surface area contributed by atoms with E-state index in [1.54, 1.807) is 4.88 Å². The minimum atomic E-state index is 0.588. The molecule has 0 aliphatic heterocycles. The van der Waals surface area contributed by atoms with E-state index in [0.717, 1.165) is 13.0 Å². The molecule has 0 bridgehead atoms. The van der Waals surface area contributed by atoms with Crippen molar-refractivity contribution in [1.29, 1.82) is 0 Å². The van der Waals surface area contributed by atoms with Crippen molar-refractivity contribution in [2.45, 2.75) is 52.5 Å². The number of hydrogen-bond donors (Lipinski definition) is 1. The maximum Gasteiger partial charge on any atom is 0.0417 e. The Morgan fingerprint density at radius 1 is 1.33 bits per heavy atom. The second-order valence-corrected chi connectivity index (χ2v) is 4.86. The summed E-state index contributed by atoms with van der Waals surface area (Å²) in [5.74, 6) is 0. The summed E-state index contributed by atoms with van der Waals surface area (Å²) in [6, 6.07) is 2.86. The molecular formula is C13H23NS. The fourth-order valence-electron chi connectivity index (χ4n) is 1.93. The lowest BCUT2D eigenvalue weighted by Gasteiger charge is -2.17. The average Bonchev–Trinajstić information content (AvgIpc) is 2.72. The maximum atomic E-state index is 3.60. The molecular weight excluding hydrogens is 202 g/mol. The number of rotatable bonds is 7. The molecule has 0 amide bonds. The van der Waals surface area contributed by atoms with Gasteiger partial charge in [0, 0.05) is 10.9 Å². The van der Waals surface area contributed by atoms with Crippen molar-refractivity contribution in [1.82, 2.24) is 5.32 Å². The van der Waals surface area contributed by atoms with Gasteiger partial charge < -0.3 is 5.32 Å². The lowest BCUT2D eigenvalue weighted by Crippen LogP contribution is -2.20. The smallest absolute Gasteiger partial charge is 0.0417 e. The molecule has 1 N–H and O–H groups in total. The van der Waals surface area contributed by atoms with Gasteiger partial charge in [-0.25, -0.2) is 0 Å². The predicted molar refractivity (Wildman–Crippen MR) is 69.6 cm³/mol. The van der Waals surface area contributed by atoms with Crippen LogP contribution in [0.5, 0.6) is 0 Å². The zero-order chi connectivity index (χ0) is 11.1. The molecule has 0 aliphatic rings. The maximum absolute atomic E-state index is 3.60. The molecule has 0 aromatic carbocycles. The number of nitrogens with one attached hydrogen (secondary N) is 1. The first-order valence-electron chi connectivity index (χ1n) is 6.13. The largest absolute Gasteiger partial charge is 0.310 e. The van der Waals surface area contributed by atoms with Gasteiger partial charge >= 0.3 is 0 Å². The van der Waals surface area contributed by atoms with Crippen molar-refractivity contribution >= 4 is 11.3 Å². The fourth-order valence-corrected chi connectivity index (χ4v) is 3.03. The molecule has 15 heavy (non-hydrogen) atoms. The average molecular weight is 225 g/mol. The molecule has 0 radical (unpaired) electrons. The zero-order valence-corrected chi connectivity index (χ0v) is 11.0. The van der Waals surface area contributed by atoms with Crippen LogP contribution in [0, 0.1) is 0 Å². The molecule has 86 valence electrons. The van der Waals surface area contributed by atoms with E-state index in [9.17, 15) is 0 Å². The van der Waals surface area contributed by atoms with Gasteiger partial charge in [0.15, 0.2) is 0 Å². The molecule has 1 heterocycles. The van der Waals surface area contributed by atoms with Gasteiger partial charge in [0.2, 0.25) is 0 Å². The van der Waals surface area contributed by atoms with Gasteiger partial charge in [-0.05, 0) is 36.4 Å². The quantitative estimate of drug-likeness (QED) is 0.735. The van der Waals surface area contributed by atoms with Gasteiger partial charge in [0.05, 0.1) is 0 Å². The summed E-state index contributed by atoms with van der Waals surface area (Å²) < 4.78 is 0. The van der Waals surface area contributed by atoms with Crippen molar-refractivity contribution in [3.8, 4) is 0 Å². The summed E-state index contributed by atoms with van der Waals surface area (Å²) in [4.78, 5) is 1.56. The molecule has 0 spiro atoms. The monoisotopic (exact) mass is 225 g/mol. The van der Waals surface area contributed by atoms with Crippen LogP contribution in [0.15, 0.2) is 11.4 Å². The van der Waals surface area contributed by atoms with E-state index in [1.807, 2.05) is 11.3 Å². The normalized spacial score (nSPS) is 13.0. The number of hydrogen-bond acceptors (Lipinski definition) is 2. The van der Waals surface area contributed by atoms with E-state index >= 15 is 0 Å². The van der Waals surface area contributed by atoms with Crippen molar-refractivity contribution in [2.75, 3.05) is 6.54 Å². The third kappa shape index (κ3) is 3.62. The predicted octanol–water partition coefficient (Wildman–Crippen LogP) is 4.15. The highest BCUT2D eigenvalue weighted by Gasteiger charge is 2.14. The van der Waals surface area contributed by atoms with E-state index in [0.29, 0.717) is 6.04 Å². The first kappa shape index (κ1) is 12.7. The van der Waals surface area contributed by atoms with E-state index in [1.165, 1.54) is 24.8 Å². The number of unbranched alkanes of at least 4 members (excludes halogenated alkanes) is 1. The van der Waals surface area contributed by atoms with Crippen LogP contribution in [0.25, 0.3) is 0 Å². The Morgan fingerprint density at radius 2 is 2.13 bits per heavy atom. The van der Waals surface area contributed by atoms with E-state index < -0.39 is 0 Å². The molecule has 1 aromatic heterocycles. The van der Waals surface area contributed by atoms with Gasteiger partial charge in [-0.2, -0.15) is 0 Å². The summed E-state index contributed by atoms with van der Waals surface area (Å²) >= 11 is 1.91. The summed E-state index contributed by atoms with van der Waals surface area (Å²) in [5, 5.41) is 5.83. The molecule has 2 heteroatoms. The Balaban J connectivity index is 2.69. The van der Waals surface area contributed by atoms with E-state index in [-0.39, 0.29) is 0 Å². The third-order valence-corrected chi connectivity index (χ3v) is 3.85. The van der Waals surface area contributed by atoms with E-state index in [4.69, 9.17) is 0 Å². The minimum absolute atomic E-state index is 0.588. The fraction of sp³-hybridized carbons (Fsp3) is 0.692. The SMILES string of the molecule is CCCCC(NCC)c1sccc1CC. The Hall–Kier alpha value is -0.340. The highest BCUT2D eigenvalue weighted by atomic mass is 32.1. The molecule has 1 unspecified atom stereocenters. The van der Waals surface area contributed by atoms with Crippen LogP contribution in [0.1, 0.15) is 56.5 Å². The van der Waals surface area contributed by atoms with Crippen molar-refractivity contribution < 1.29 is 0 Å². The van der Waals surface area contributed by atoms with Crippen LogP contribution < -0.4 is 5.32 Å². The zero-order valence-electron chi connectivity index (χ0n) is 10.2. The minimum Gasteiger partial charge on any atom is -0.310 e. The Kier molecular flexibility index (Phi) is 5.96. The number of thiophene rings is 1. The molecule has 1 atom stereocenters. The Labute approximate surface area is 97.9 Å². The van der Waals surface area contributed by atoms with Crippen LogP contribution >= 0.6 is 11.3 Å². The van der Waals surface area contributed by atoms with Gasteiger partial charge in [0.1, 0.15) is 0 Å². The summed E-state index contributed by atoms with van der Waals surface area (Å²) in [6.07, 6.45) is 5.04. The third-order valence-electron chi connectivity index (χ3n) is 2.77. The topological polar surface area (TPSA) is 12.0 Å². The van der Waals surface area contributed by atoms with Crippen molar-refractivity contribution in [3.05, 3.63) is 21.9 Å². The second-order valence-electron chi connectivity index (χ2n) is 3.92. The molecule has 1 rings (SSSR count). The van der Waals surface area contributed by atoms with Crippen molar-refractivity contribution in [2.24, 2.45) is 0 Å². The highest BCUT2D eigenvalue weighted by Crippen LogP contribution is 2.28. The first-order chi connectivity index (χ1) is 7.33.